The third-order valence-corrected chi connectivity index (χ3v) is 3.18. The topological polar surface area (TPSA) is 38.3 Å². The summed E-state index contributed by atoms with van der Waals surface area (Å²) in [7, 11) is 0. The molecule has 0 spiro atoms. The number of benzene rings is 1. The van der Waals surface area contributed by atoms with E-state index < -0.39 is 5.60 Å². The Labute approximate surface area is 115 Å². The second-order valence-corrected chi connectivity index (χ2v) is 6.10. The van der Waals surface area contributed by atoms with Crippen molar-refractivity contribution in [3.05, 3.63) is 29.3 Å². The van der Waals surface area contributed by atoms with E-state index in [4.69, 9.17) is 4.74 Å². The highest BCUT2D eigenvalue weighted by Crippen LogP contribution is 2.24. The minimum Gasteiger partial charge on any atom is -0.460 e. The van der Waals surface area contributed by atoms with Gasteiger partial charge in [-0.15, -0.1) is 0 Å². The van der Waals surface area contributed by atoms with Gasteiger partial charge in [0.2, 0.25) is 0 Å². The fraction of sp³-hybridized carbons (Fsp3) is 0.562. The summed E-state index contributed by atoms with van der Waals surface area (Å²) >= 11 is 0. The van der Waals surface area contributed by atoms with Crippen LogP contribution >= 0.6 is 0 Å². The van der Waals surface area contributed by atoms with Gasteiger partial charge in [-0.05, 0) is 63.3 Å². The van der Waals surface area contributed by atoms with Gasteiger partial charge >= 0.3 is 5.97 Å². The Kier molecular flexibility index (Phi) is 4.13. The number of ether oxygens (including phenoxy) is 1. The van der Waals surface area contributed by atoms with Crippen LogP contribution in [0.3, 0.4) is 0 Å². The molecular formula is C16H23NO2. The molecule has 19 heavy (non-hydrogen) atoms. The smallest absolute Gasteiger partial charge is 0.308 e. The zero-order valence-electron chi connectivity index (χ0n) is 12.1. The predicted molar refractivity (Wildman–Crippen MR) is 77.4 cm³/mol. The molecule has 0 unspecified atom stereocenters. The molecule has 0 atom stereocenters. The molecular weight excluding hydrogens is 238 g/mol. The number of carbonyl (C=O) groups excluding carboxylic acids is 1. The molecule has 3 heteroatoms. The van der Waals surface area contributed by atoms with Gasteiger partial charge < -0.3 is 10.1 Å². The van der Waals surface area contributed by atoms with E-state index in [1.54, 1.807) is 0 Å². The van der Waals surface area contributed by atoms with Gasteiger partial charge in [-0.3, -0.25) is 4.79 Å². The van der Waals surface area contributed by atoms with Crippen LogP contribution in [0.25, 0.3) is 0 Å². The first-order valence-electron chi connectivity index (χ1n) is 7.01. The number of carbonyl (C=O) groups is 1. The number of nitrogens with one attached hydrogen (secondary N) is 1. The van der Waals surface area contributed by atoms with E-state index in [9.17, 15) is 4.79 Å². The van der Waals surface area contributed by atoms with Crippen LogP contribution < -0.4 is 5.32 Å². The summed E-state index contributed by atoms with van der Waals surface area (Å²) in [6, 6.07) is 6.49. The van der Waals surface area contributed by atoms with Crippen LogP contribution in [0, 0.1) is 0 Å². The van der Waals surface area contributed by atoms with Gasteiger partial charge in [-0.1, -0.05) is 6.07 Å². The first-order valence-corrected chi connectivity index (χ1v) is 7.01. The molecule has 1 N–H and O–H groups in total. The maximum absolute atomic E-state index is 11.6. The molecule has 0 amide bonds. The summed E-state index contributed by atoms with van der Waals surface area (Å²) in [5.74, 6) is -0.152. The van der Waals surface area contributed by atoms with Crippen LogP contribution in [0.4, 0.5) is 5.69 Å². The van der Waals surface area contributed by atoms with E-state index in [2.05, 4.69) is 23.5 Å². The normalized spacial score (nSPS) is 14.1. The Hall–Kier alpha value is -1.51. The molecule has 1 aromatic rings. The molecule has 2 rings (SSSR count). The highest BCUT2D eigenvalue weighted by atomic mass is 16.6. The van der Waals surface area contributed by atoms with Crippen molar-refractivity contribution in [1.29, 1.82) is 0 Å². The molecule has 0 fully saturated rings. The largest absolute Gasteiger partial charge is 0.460 e. The number of hydrogen-bond donors (Lipinski definition) is 1. The lowest BCUT2D eigenvalue weighted by molar-refractivity contribution is -0.154. The lowest BCUT2D eigenvalue weighted by Gasteiger charge is -2.19. The lowest BCUT2D eigenvalue weighted by Crippen LogP contribution is -2.25. The van der Waals surface area contributed by atoms with E-state index in [1.165, 1.54) is 30.4 Å². The standard InChI is InChI=1S/C16H23NO2/c1-16(2,3)19-15(18)9-10-17-14-8-7-12-5-4-6-13(12)11-14/h7-8,11,17H,4-6,9-10H2,1-3H3. The van der Waals surface area contributed by atoms with Gasteiger partial charge in [0, 0.05) is 12.2 Å². The number of hydrogen-bond acceptors (Lipinski definition) is 3. The number of aryl methyl sites for hydroxylation is 2. The van der Waals surface area contributed by atoms with Gasteiger partial charge in [0.15, 0.2) is 0 Å². The van der Waals surface area contributed by atoms with Crippen molar-refractivity contribution in [2.45, 2.75) is 52.1 Å². The predicted octanol–water partition coefficient (Wildman–Crippen LogP) is 3.32. The van der Waals surface area contributed by atoms with Crippen molar-refractivity contribution in [2.75, 3.05) is 11.9 Å². The monoisotopic (exact) mass is 261 g/mol. The van der Waals surface area contributed by atoms with E-state index in [0.29, 0.717) is 13.0 Å². The fourth-order valence-electron chi connectivity index (χ4n) is 2.38. The third-order valence-electron chi connectivity index (χ3n) is 3.18. The maximum Gasteiger partial charge on any atom is 0.308 e. The van der Waals surface area contributed by atoms with Crippen molar-refractivity contribution >= 4 is 11.7 Å². The van der Waals surface area contributed by atoms with Gasteiger partial charge in [0.25, 0.3) is 0 Å². The molecule has 0 saturated heterocycles. The summed E-state index contributed by atoms with van der Waals surface area (Å²) < 4.78 is 5.27. The van der Waals surface area contributed by atoms with Gasteiger partial charge in [0.1, 0.15) is 5.60 Å². The summed E-state index contributed by atoms with van der Waals surface area (Å²) in [5.41, 5.74) is 3.62. The Balaban J connectivity index is 1.78. The fourth-order valence-corrected chi connectivity index (χ4v) is 2.38. The molecule has 1 aromatic carbocycles. The van der Waals surface area contributed by atoms with Gasteiger partial charge in [-0.2, -0.15) is 0 Å². The highest BCUT2D eigenvalue weighted by molar-refractivity contribution is 5.70. The summed E-state index contributed by atoms with van der Waals surface area (Å²) in [6.45, 7) is 6.28. The van der Waals surface area contributed by atoms with Crippen LogP contribution in [-0.4, -0.2) is 18.1 Å². The molecule has 0 aromatic heterocycles. The second kappa shape index (κ2) is 5.64. The lowest BCUT2D eigenvalue weighted by atomic mass is 10.1. The number of anilines is 1. The average molecular weight is 261 g/mol. The molecule has 0 heterocycles. The first-order chi connectivity index (χ1) is 8.94. The minimum atomic E-state index is -0.398. The van der Waals surface area contributed by atoms with Crippen molar-refractivity contribution < 1.29 is 9.53 Å². The van der Waals surface area contributed by atoms with Crippen molar-refractivity contribution in [1.82, 2.24) is 0 Å². The van der Waals surface area contributed by atoms with Crippen LogP contribution in [0.1, 0.15) is 44.7 Å². The molecule has 1 aliphatic rings. The zero-order chi connectivity index (χ0) is 13.9. The molecule has 1 aliphatic carbocycles. The van der Waals surface area contributed by atoms with Crippen LogP contribution in [0.5, 0.6) is 0 Å². The maximum atomic E-state index is 11.6. The van der Waals surface area contributed by atoms with Crippen molar-refractivity contribution in [3.8, 4) is 0 Å². The quantitative estimate of drug-likeness (QED) is 0.845. The average Bonchev–Trinajstić information content (AvgIpc) is 2.73. The van der Waals surface area contributed by atoms with Gasteiger partial charge in [-0.25, -0.2) is 0 Å². The number of esters is 1. The number of rotatable bonds is 4. The van der Waals surface area contributed by atoms with Crippen LogP contribution in [0.2, 0.25) is 0 Å². The molecule has 0 radical (unpaired) electrons. The molecule has 104 valence electrons. The Morgan fingerprint density at radius 2 is 2.00 bits per heavy atom. The SMILES string of the molecule is CC(C)(C)OC(=O)CCNc1ccc2c(c1)CCC2. The molecule has 0 saturated carbocycles. The summed E-state index contributed by atoms with van der Waals surface area (Å²) in [5, 5.41) is 3.29. The van der Waals surface area contributed by atoms with Crippen LogP contribution in [0.15, 0.2) is 18.2 Å². The number of fused-ring (bicyclic) bond motifs is 1. The Morgan fingerprint density at radius 1 is 1.26 bits per heavy atom. The zero-order valence-corrected chi connectivity index (χ0v) is 12.1. The van der Waals surface area contributed by atoms with E-state index in [-0.39, 0.29) is 5.97 Å². The van der Waals surface area contributed by atoms with E-state index in [0.717, 1.165) is 5.69 Å². The second-order valence-electron chi connectivity index (χ2n) is 6.10. The molecule has 0 aliphatic heterocycles. The Morgan fingerprint density at radius 3 is 2.74 bits per heavy atom. The molecule has 0 bridgehead atoms. The van der Waals surface area contributed by atoms with Crippen LogP contribution in [-0.2, 0) is 22.4 Å². The highest BCUT2D eigenvalue weighted by Gasteiger charge is 2.16. The third kappa shape index (κ3) is 4.27. The summed E-state index contributed by atoms with van der Waals surface area (Å²) in [4.78, 5) is 11.6. The summed E-state index contributed by atoms with van der Waals surface area (Å²) in [6.07, 6.45) is 4.04. The van der Waals surface area contributed by atoms with E-state index in [1.807, 2.05) is 20.8 Å². The minimum absolute atomic E-state index is 0.152. The van der Waals surface area contributed by atoms with Gasteiger partial charge in [0.05, 0.1) is 6.42 Å². The first kappa shape index (κ1) is 13.9. The molecule has 3 nitrogen and oxygen atoms in total. The van der Waals surface area contributed by atoms with Crippen molar-refractivity contribution in [3.63, 3.8) is 0 Å². The van der Waals surface area contributed by atoms with E-state index >= 15 is 0 Å². The Bertz CT molecular complexity index is 460. The van der Waals surface area contributed by atoms with Crippen molar-refractivity contribution in [2.24, 2.45) is 0 Å².